The lowest BCUT2D eigenvalue weighted by molar-refractivity contribution is -0.340. The highest BCUT2D eigenvalue weighted by Gasteiger charge is 2.72. The molecule has 31 heavy (non-hydrogen) atoms. The minimum atomic E-state index is -5.61. The summed E-state index contributed by atoms with van der Waals surface area (Å²) in [5.41, 5.74) is -4.79. The van der Waals surface area contributed by atoms with Crippen molar-refractivity contribution in [1.82, 2.24) is 0 Å². The van der Waals surface area contributed by atoms with Gasteiger partial charge in [-0.3, -0.25) is 4.79 Å². The molecule has 0 bridgehead atoms. The molecule has 0 radical (unpaired) electrons. The van der Waals surface area contributed by atoms with Gasteiger partial charge in [0.2, 0.25) is 0 Å². The van der Waals surface area contributed by atoms with Crippen LogP contribution in [-0.2, 0) is 9.22 Å². The molecule has 0 heterocycles. The van der Waals surface area contributed by atoms with Crippen molar-refractivity contribution in [2.45, 2.75) is 95.9 Å². The van der Waals surface area contributed by atoms with Gasteiger partial charge in [0.1, 0.15) is 5.78 Å². The summed E-state index contributed by atoms with van der Waals surface area (Å²) < 4.78 is 87.3. The summed E-state index contributed by atoms with van der Waals surface area (Å²) in [6, 6.07) is 0. The highest BCUT2D eigenvalue weighted by molar-refractivity contribution is 6.69. The summed E-state index contributed by atoms with van der Waals surface area (Å²) in [4.78, 5) is 12.4. The van der Waals surface area contributed by atoms with Crippen molar-refractivity contribution in [3.8, 4) is 0 Å². The molecule has 0 spiro atoms. The number of hydrogen-bond acceptors (Lipinski definition) is 2. The van der Waals surface area contributed by atoms with E-state index in [2.05, 4.69) is 6.92 Å². The summed E-state index contributed by atoms with van der Waals surface area (Å²) in [6.07, 6.45) is -4.38. The van der Waals surface area contributed by atoms with Crippen LogP contribution in [0.3, 0.4) is 0 Å². The Hall–Kier alpha value is -0.833. The van der Waals surface area contributed by atoms with E-state index in [1.54, 1.807) is 0 Å². The van der Waals surface area contributed by atoms with Crippen LogP contribution in [0.2, 0.25) is 19.6 Å². The third-order valence-electron chi connectivity index (χ3n) is 7.68. The number of rotatable bonds is 6. The molecule has 3 fully saturated rings. The number of alkyl halides is 6. The molecule has 3 rings (SSSR count). The first kappa shape index (κ1) is 24.8. The van der Waals surface area contributed by atoms with E-state index in [-0.39, 0.29) is 40.9 Å². The first-order chi connectivity index (χ1) is 14.0. The predicted molar refractivity (Wildman–Crippen MR) is 108 cm³/mol. The van der Waals surface area contributed by atoms with Gasteiger partial charge in [-0.15, -0.1) is 0 Å². The number of halogens is 6. The Kier molecular flexibility index (Phi) is 6.08. The molecule has 1 unspecified atom stereocenters. The third kappa shape index (κ3) is 4.37. The normalized spacial score (nSPS) is 31.9. The average Bonchev–Trinajstić information content (AvgIpc) is 3.25. The highest BCUT2D eigenvalue weighted by Crippen LogP contribution is 2.68. The molecule has 0 aliphatic heterocycles. The minimum absolute atomic E-state index is 0.0210. The van der Waals surface area contributed by atoms with Gasteiger partial charge in [0, 0.05) is 12.3 Å². The van der Waals surface area contributed by atoms with E-state index in [1.165, 1.54) is 19.6 Å². The van der Waals surface area contributed by atoms with Gasteiger partial charge >= 0.3 is 12.4 Å². The maximum atomic E-state index is 13.8. The van der Waals surface area contributed by atoms with Gasteiger partial charge < -0.3 is 4.43 Å². The number of ketones is 1. The minimum Gasteiger partial charge on any atom is -0.394 e. The van der Waals surface area contributed by atoms with Crippen molar-refractivity contribution < 1.29 is 35.6 Å². The SMILES string of the molecule is C[C@]12CCCC(=O)C1CC[C@@H]2C1(C/C=C/C(O[Si](C)(C)C)(C(F)(F)F)C(F)(F)F)CC1. The van der Waals surface area contributed by atoms with E-state index in [9.17, 15) is 31.1 Å². The molecule has 3 aliphatic rings. The second-order valence-corrected chi connectivity index (χ2v) is 15.4. The van der Waals surface area contributed by atoms with Crippen molar-refractivity contribution in [3.63, 3.8) is 0 Å². The summed E-state index contributed by atoms with van der Waals surface area (Å²) in [6.45, 7) is 6.04. The van der Waals surface area contributed by atoms with Gasteiger partial charge in [0.25, 0.3) is 5.60 Å². The van der Waals surface area contributed by atoms with Crippen molar-refractivity contribution in [2.75, 3.05) is 0 Å². The molecule has 3 saturated carbocycles. The van der Waals surface area contributed by atoms with Crippen LogP contribution in [0.5, 0.6) is 0 Å². The van der Waals surface area contributed by atoms with Crippen molar-refractivity contribution in [3.05, 3.63) is 12.2 Å². The number of hydrogen-bond donors (Lipinski definition) is 0. The van der Waals surface area contributed by atoms with E-state index < -0.39 is 26.3 Å². The molecule has 0 amide bonds. The number of Topliss-reactive ketones (excluding diaryl/α,β-unsaturated/α-hetero) is 1. The van der Waals surface area contributed by atoms with Crippen LogP contribution in [0.25, 0.3) is 0 Å². The molecule has 3 atom stereocenters. The van der Waals surface area contributed by atoms with Crippen LogP contribution in [0.1, 0.15) is 58.3 Å². The molecule has 0 aromatic rings. The molecular weight excluding hydrogens is 438 g/mol. The van der Waals surface area contributed by atoms with Crippen LogP contribution >= 0.6 is 0 Å². The lowest BCUT2D eigenvalue weighted by Gasteiger charge is -2.43. The van der Waals surface area contributed by atoms with E-state index in [4.69, 9.17) is 4.43 Å². The fraction of sp³-hybridized carbons (Fsp3) is 0.864. The zero-order valence-electron chi connectivity index (χ0n) is 18.6. The standard InChI is InChI=1S/C22H32F6O2Si/c1-18-10-5-7-16(29)15(18)8-9-17(18)19(13-14-19)11-6-12-20(21(23,24)25,22(26,27)28)30-31(2,3)4/h6,12,15,17H,5,7-11,13-14H2,1-4H3/b12-6+/t15?,17-,18-/m0/s1. The fourth-order valence-electron chi connectivity index (χ4n) is 6.23. The molecule has 9 heteroatoms. The van der Waals surface area contributed by atoms with Crippen LogP contribution in [0, 0.1) is 22.7 Å². The van der Waals surface area contributed by atoms with E-state index in [0.29, 0.717) is 6.42 Å². The van der Waals surface area contributed by atoms with E-state index >= 15 is 0 Å². The number of carbonyl (C=O) groups excluding carboxylic acids is 1. The van der Waals surface area contributed by atoms with Crippen LogP contribution < -0.4 is 0 Å². The van der Waals surface area contributed by atoms with Gasteiger partial charge in [0.05, 0.1) is 0 Å². The second-order valence-electron chi connectivity index (χ2n) is 10.9. The number of carbonyl (C=O) groups is 1. The topological polar surface area (TPSA) is 26.3 Å². The van der Waals surface area contributed by atoms with E-state index in [0.717, 1.165) is 44.6 Å². The van der Waals surface area contributed by atoms with Gasteiger partial charge in [0.15, 0.2) is 8.32 Å². The first-order valence-electron chi connectivity index (χ1n) is 11.0. The number of fused-ring (bicyclic) bond motifs is 1. The largest absolute Gasteiger partial charge is 0.429 e. The molecule has 178 valence electrons. The molecular formula is C22H32F6O2Si. The van der Waals surface area contributed by atoms with Crippen molar-refractivity contribution >= 4 is 14.1 Å². The average molecular weight is 471 g/mol. The van der Waals surface area contributed by atoms with Gasteiger partial charge in [-0.05, 0) is 87.4 Å². The fourth-order valence-corrected chi connectivity index (χ4v) is 7.50. The lowest BCUT2D eigenvalue weighted by Crippen LogP contribution is -2.61. The number of allylic oxidation sites excluding steroid dienone is 1. The Labute approximate surface area is 180 Å². The second kappa shape index (κ2) is 7.60. The maximum Gasteiger partial charge on any atom is 0.429 e. The van der Waals surface area contributed by atoms with E-state index in [1.807, 2.05) is 0 Å². The summed E-state index contributed by atoms with van der Waals surface area (Å²) in [5, 5.41) is 0. The molecule has 0 saturated heterocycles. The molecule has 0 aromatic carbocycles. The lowest BCUT2D eigenvalue weighted by atomic mass is 9.60. The summed E-state index contributed by atoms with van der Waals surface area (Å²) in [5.74, 6) is 0.398. The van der Waals surface area contributed by atoms with Gasteiger partial charge in [-0.1, -0.05) is 13.0 Å². The Morgan fingerprint density at radius 1 is 1.03 bits per heavy atom. The zero-order valence-corrected chi connectivity index (χ0v) is 19.6. The van der Waals surface area contributed by atoms with Gasteiger partial charge in [-0.25, -0.2) is 0 Å². The maximum absolute atomic E-state index is 13.8. The molecule has 3 aliphatic carbocycles. The third-order valence-corrected chi connectivity index (χ3v) is 8.62. The molecule has 2 nitrogen and oxygen atoms in total. The predicted octanol–water partition coefficient (Wildman–Crippen LogP) is 7.21. The molecule has 0 aromatic heterocycles. The summed E-state index contributed by atoms with van der Waals surface area (Å²) in [7, 11) is -3.19. The van der Waals surface area contributed by atoms with Crippen molar-refractivity contribution in [1.29, 1.82) is 0 Å². The highest BCUT2D eigenvalue weighted by atomic mass is 28.4. The summed E-state index contributed by atoms with van der Waals surface area (Å²) >= 11 is 0. The van der Waals surface area contributed by atoms with Gasteiger partial charge in [-0.2, -0.15) is 26.3 Å². The zero-order chi connectivity index (χ0) is 23.5. The van der Waals surface area contributed by atoms with Crippen LogP contribution in [0.15, 0.2) is 12.2 Å². The Bertz CT molecular complexity index is 718. The first-order valence-corrected chi connectivity index (χ1v) is 14.4. The smallest absolute Gasteiger partial charge is 0.394 e. The van der Waals surface area contributed by atoms with Crippen molar-refractivity contribution in [2.24, 2.45) is 22.7 Å². The Balaban J connectivity index is 1.87. The quantitative estimate of drug-likeness (QED) is 0.233. The Morgan fingerprint density at radius 3 is 2.10 bits per heavy atom. The molecule has 0 N–H and O–H groups in total. The van der Waals surface area contributed by atoms with Crippen LogP contribution in [0.4, 0.5) is 26.3 Å². The Morgan fingerprint density at radius 2 is 1.61 bits per heavy atom. The monoisotopic (exact) mass is 470 g/mol. The van der Waals surface area contributed by atoms with Crippen LogP contribution in [-0.4, -0.2) is 32.1 Å².